The van der Waals surface area contributed by atoms with Crippen LogP contribution >= 0.6 is 0 Å². The molecule has 1 aromatic rings. The molecule has 1 atom stereocenters. The predicted octanol–water partition coefficient (Wildman–Crippen LogP) is 2.93. The highest BCUT2D eigenvalue weighted by Gasteiger charge is 2.34. The molecule has 0 radical (unpaired) electrons. The molecule has 1 fully saturated rings. The van der Waals surface area contributed by atoms with Crippen LogP contribution in [0.15, 0.2) is 24.3 Å². The standard InChI is InChI=1S/C16H25NO2/c1-16(2)9-10-17(12-13(16)8-11-18)14-4-6-15(19-3)7-5-14/h4-7,13,18H,8-12H2,1-3H3. The summed E-state index contributed by atoms with van der Waals surface area (Å²) in [6.07, 6.45) is 2.06. The van der Waals surface area contributed by atoms with E-state index in [1.54, 1.807) is 7.11 Å². The van der Waals surface area contributed by atoms with Crippen LogP contribution in [0.3, 0.4) is 0 Å². The zero-order valence-electron chi connectivity index (χ0n) is 12.2. The van der Waals surface area contributed by atoms with Gasteiger partial charge >= 0.3 is 0 Å². The maximum Gasteiger partial charge on any atom is 0.119 e. The molecule has 1 aliphatic rings. The van der Waals surface area contributed by atoms with Crippen molar-refractivity contribution in [3.05, 3.63) is 24.3 Å². The highest BCUT2D eigenvalue weighted by molar-refractivity contribution is 5.49. The summed E-state index contributed by atoms with van der Waals surface area (Å²) < 4.78 is 5.20. The first-order valence-electron chi connectivity index (χ1n) is 7.06. The van der Waals surface area contributed by atoms with Crippen LogP contribution < -0.4 is 9.64 Å². The molecule has 0 saturated carbocycles. The first-order chi connectivity index (χ1) is 9.06. The highest BCUT2D eigenvalue weighted by Crippen LogP contribution is 2.39. The molecule has 1 aromatic carbocycles. The summed E-state index contributed by atoms with van der Waals surface area (Å²) in [6, 6.07) is 8.26. The Balaban J connectivity index is 2.09. The van der Waals surface area contributed by atoms with Crippen LogP contribution in [0.2, 0.25) is 0 Å². The number of rotatable bonds is 4. The van der Waals surface area contributed by atoms with E-state index < -0.39 is 0 Å². The number of anilines is 1. The molecule has 3 nitrogen and oxygen atoms in total. The minimum atomic E-state index is 0.282. The summed E-state index contributed by atoms with van der Waals surface area (Å²) in [5, 5.41) is 9.24. The van der Waals surface area contributed by atoms with E-state index in [2.05, 4.69) is 30.9 Å². The number of benzene rings is 1. The van der Waals surface area contributed by atoms with E-state index in [0.717, 1.165) is 25.3 Å². The van der Waals surface area contributed by atoms with Gasteiger partial charge in [0.1, 0.15) is 5.75 Å². The summed E-state index contributed by atoms with van der Waals surface area (Å²) in [5.41, 5.74) is 1.57. The van der Waals surface area contributed by atoms with Crippen LogP contribution in [-0.4, -0.2) is 31.9 Å². The molecule has 0 bridgehead atoms. The molecule has 1 unspecified atom stereocenters. The van der Waals surface area contributed by atoms with E-state index in [4.69, 9.17) is 4.74 Å². The Hall–Kier alpha value is -1.22. The lowest BCUT2D eigenvalue weighted by molar-refractivity contribution is 0.132. The van der Waals surface area contributed by atoms with E-state index in [0.29, 0.717) is 11.3 Å². The Kier molecular flexibility index (Phi) is 4.35. The lowest BCUT2D eigenvalue weighted by atomic mass is 9.72. The van der Waals surface area contributed by atoms with Crippen LogP contribution in [0.25, 0.3) is 0 Å². The monoisotopic (exact) mass is 263 g/mol. The minimum Gasteiger partial charge on any atom is -0.497 e. The van der Waals surface area contributed by atoms with Gasteiger partial charge in [-0.15, -0.1) is 0 Å². The van der Waals surface area contributed by atoms with Crippen LogP contribution in [0.5, 0.6) is 5.75 Å². The second-order valence-corrected chi connectivity index (χ2v) is 6.09. The van der Waals surface area contributed by atoms with Crippen molar-refractivity contribution in [1.82, 2.24) is 0 Å². The van der Waals surface area contributed by atoms with Gasteiger partial charge in [-0.25, -0.2) is 0 Å². The number of ether oxygens (including phenoxy) is 1. The topological polar surface area (TPSA) is 32.7 Å². The first-order valence-corrected chi connectivity index (χ1v) is 7.06. The number of hydrogen-bond acceptors (Lipinski definition) is 3. The molecule has 2 rings (SSSR count). The lowest BCUT2D eigenvalue weighted by Gasteiger charge is -2.45. The van der Waals surface area contributed by atoms with Crippen LogP contribution in [0, 0.1) is 11.3 Å². The van der Waals surface area contributed by atoms with Gasteiger partial charge in [-0.2, -0.15) is 0 Å². The van der Waals surface area contributed by atoms with E-state index in [1.165, 1.54) is 12.1 Å². The Bertz CT molecular complexity index is 400. The molecule has 0 aliphatic carbocycles. The molecule has 0 aromatic heterocycles. The molecule has 1 saturated heterocycles. The number of hydrogen-bond donors (Lipinski definition) is 1. The molecule has 0 amide bonds. The Morgan fingerprint density at radius 3 is 2.58 bits per heavy atom. The zero-order valence-corrected chi connectivity index (χ0v) is 12.2. The molecule has 3 heteroatoms. The lowest BCUT2D eigenvalue weighted by Crippen LogP contribution is -2.45. The van der Waals surface area contributed by atoms with Crippen LogP contribution in [0.4, 0.5) is 5.69 Å². The summed E-state index contributed by atoms with van der Waals surface area (Å²) in [5.74, 6) is 1.45. The molecule has 0 spiro atoms. The van der Waals surface area contributed by atoms with Gasteiger partial charge in [0.2, 0.25) is 0 Å². The van der Waals surface area contributed by atoms with E-state index >= 15 is 0 Å². The number of nitrogens with zero attached hydrogens (tertiary/aromatic N) is 1. The molecule has 1 N–H and O–H groups in total. The van der Waals surface area contributed by atoms with Crippen molar-refractivity contribution in [2.24, 2.45) is 11.3 Å². The third kappa shape index (κ3) is 3.21. The summed E-state index contributed by atoms with van der Waals surface area (Å²) >= 11 is 0. The SMILES string of the molecule is COc1ccc(N2CCC(C)(C)C(CCO)C2)cc1. The van der Waals surface area contributed by atoms with Crippen LogP contribution in [0.1, 0.15) is 26.7 Å². The van der Waals surface area contributed by atoms with E-state index in [1.807, 2.05) is 12.1 Å². The number of methoxy groups -OCH3 is 1. The fourth-order valence-electron chi connectivity index (χ4n) is 2.90. The van der Waals surface area contributed by atoms with Crippen molar-refractivity contribution in [3.8, 4) is 5.75 Å². The third-order valence-corrected chi connectivity index (χ3v) is 4.49. The van der Waals surface area contributed by atoms with Gasteiger partial charge < -0.3 is 14.7 Å². The van der Waals surface area contributed by atoms with Gasteiger partial charge in [0, 0.05) is 25.4 Å². The predicted molar refractivity (Wildman–Crippen MR) is 78.8 cm³/mol. The molecular formula is C16H25NO2. The van der Waals surface area contributed by atoms with Gasteiger partial charge in [0.25, 0.3) is 0 Å². The van der Waals surface area contributed by atoms with Gasteiger partial charge in [0.15, 0.2) is 0 Å². The van der Waals surface area contributed by atoms with Gasteiger partial charge in [-0.1, -0.05) is 13.8 Å². The maximum atomic E-state index is 9.24. The Labute approximate surface area is 116 Å². The summed E-state index contributed by atoms with van der Waals surface area (Å²) in [6.45, 7) is 7.03. The fraction of sp³-hybridized carbons (Fsp3) is 0.625. The number of aliphatic hydroxyl groups excluding tert-OH is 1. The van der Waals surface area contributed by atoms with Gasteiger partial charge in [0.05, 0.1) is 7.11 Å². The summed E-state index contributed by atoms with van der Waals surface area (Å²) in [7, 11) is 1.69. The smallest absolute Gasteiger partial charge is 0.119 e. The average molecular weight is 263 g/mol. The Morgan fingerprint density at radius 1 is 1.32 bits per heavy atom. The van der Waals surface area contributed by atoms with Crippen LogP contribution in [-0.2, 0) is 0 Å². The second kappa shape index (κ2) is 5.83. The van der Waals surface area contributed by atoms with Crippen molar-refractivity contribution in [2.45, 2.75) is 26.7 Å². The zero-order chi connectivity index (χ0) is 13.9. The van der Waals surface area contributed by atoms with E-state index in [-0.39, 0.29) is 6.61 Å². The minimum absolute atomic E-state index is 0.282. The van der Waals surface area contributed by atoms with E-state index in [9.17, 15) is 5.11 Å². The fourth-order valence-corrected chi connectivity index (χ4v) is 2.90. The highest BCUT2D eigenvalue weighted by atomic mass is 16.5. The van der Waals surface area contributed by atoms with Gasteiger partial charge in [-0.05, 0) is 48.4 Å². The summed E-state index contributed by atoms with van der Waals surface area (Å²) in [4.78, 5) is 2.42. The molecular weight excluding hydrogens is 238 g/mol. The average Bonchev–Trinajstić information content (AvgIpc) is 2.41. The molecule has 106 valence electrons. The van der Waals surface area contributed by atoms with Crippen molar-refractivity contribution in [3.63, 3.8) is 0 Å². The number of aliphatic hydroxyl groups is 1. The molecule has 1 heterocycles. The second-order valence-electron chi connectivity index (χ2n) is 6.09. The Morgan fingerprint density at radius 2 is 2.00 bits per heavy atom. The van der Waals surface area contributed by atoms with Crippen molar-refractivity contribution < 1.29 is 9.84 Å². The first kappa shape index (κ1) is 14.2. The van der Waals surface area contributed by atoms with Crippen molar-refractivity contribution >= 4 is 5.69 Å². The largest absolute Gasteiger partial charge is 0.497 e. The number of piperidine rings is 1. The third-order valence-electron chi connectivity index (χ3n) is 4.49. The quantitative estimate of drug-likeness (QED) is 0.906. The molecule has 1 aliphatic heterocycles. The van der Waals surface area contributed by atoms with Gasteiger partial charge in [-0.3, -0.25) is 0 Å². The maximum absolute atomic E-state index is 9.24. The van der Waals surface area contributed by atoms with Crippen molar-refractivity contribution in [1.29, 1.82) is 0 Å². The molecule has 19 heavy (non-hydrogen) atoms. The normalized spacial score (nSPS) is 22.3. The van der Waals surface area contributed by atoms with Crippen molar-refractivity contribution in [2.75, 3.05) is 31.7 Å².